The zero-order valence-electron chi connectivity index (χ0n) is 8.52. The van der Waals surface area contributed by atoms with Crippen molar-refractivity contribution in [3.8, 4) is 0 Å². The second-order valence-electron chi connectivity index (χ2n) is 3.66. The summed E-state index contributed by atoms with van der Waals surface area (Å²) in [6.07, 6.45) is 0.490. The SMILES string of the molecule is N[C@H]1CCC(=O)N(c2ccccc2F)C1=O. The Hall–Kier alpha value is -1.75. The van der Waals surface area contributed by atoms with Crippen LogP contribution in [-0.4, -0.2) is 17.9 Å². The zero-order valence-corrected chi connectivity index (χ0v) is 8.52. The van der Waals surface area contributed by atoms with E-state index in [1.54, 1.807) is 6.07 Å². The van der Waals surface area contributed by atoms with Crippen LogP contribution < -0.4 is 10.6 Å². The van der Waals surface area contributed by atoms with Crippen LogP contribution in [0.15, 0.2) is 24.3 Å². The Bertz CT molecular complexity index is 447. The highest BCUT2D eigenvalue weighted by Gasteiger charge is 2.34. The lowest BCUT2D eigenvalue weighted by atomic mass is 10.0. The lowest BCUT2D eigenvalue weighted by Gasteiger charge is -2.28. The molecule has 0 saturated carbocycles. The number of nitrogens with two attached hydrogens (primary N) is 1. The van der Waals surface area contributed by atoms with Gasteiger partial charge in [0.25, 0.3) is 5.91 Å². The number of benzene rings is 1. The van der Waals surface area contributed by atoms with Crippen LogP contribution in [0.3, 0.4) is 0 Å². The van der Waals surface area contributed by atoms with E-state index in [1.807, 2.05) is 0 Å². The first-order valence-corrected chi connectivity index (χ1v) is 4.98. The summed E-state index contributed by atoms with van der Waals surface area (Å²) < 4.78 is 13.5. The Morgan fingerprint density at radius 2 is 2.00 bits per heavy atom. The molecule has 2 rings (SSSR count). The number of imide groups is 1. The minimum atomic E-state index is -0.725. The number of halogens is 1. The number of rotatable bonds is 1. The molecule has 84 valence electrons. The Morgan fingerprint density at radius 3 is 2.69 bits per heavy atom. The molecule has 1 saturated heterocycles. The van der Waals surface area contributed by atoms with Crippen molar-refractivity contribution in [1.82, 2.24) is 0 Å². The molecule has 0 unspecified atom stereocenters. The number of para-hydroxylation sites is 1. The van der Waals surface area contributed by atoms with Crippen molar-refractivity contribution in [1.29, 1.82) is 0 Å². The minimum Gasteiger partial charge on any atom is -0.320 e. The fraction of sp³-hybridized carbons (Fsp3) is 0.273. The van der Waals surface area contributed by atoms with E-state index in [0.29, 0.717) is 6.42 Å². The second-order valence-corrected chi connectivity index (χ2v) is 3.66. The Labute approximate surface area is 91.8 Å². The quantitative estimate of drug-likeness (QED) is 0.715. The summed E-state index contributed by atoms with van der Waals surface area (Å²) in [7, 11) is 0. The summed E-state index contributed by atoms with van der Waals surface area (Å²) in [6, 6.07) is 4.94. The van der Waals surface area contributed by atoms with Gasteiger partial charge in [-0.2, -0.15) is 0 Å². The van der Waals surface area contributed by atoms with Crippen LogP contribution in [0.5, 0.6) is 0 Å². The van der Waals surface area contributed by atoms with Gasteiger partial charge < -0.3 is 5.73 Å². The normalized spacial score (nSPS) is 21.4. The molecule has 2 amide bonds. The topological polar surface area (TPSA) is 63.4 Å². The number of piperidine rings is 1. The molecule has 2 N–H and O–H groups in total. The largest absolute Gasteiger partial charge is 0.320 e. The van der Waals surface area contributed by atoms with Gasteiger partial charge in [0.2, 0.25) is 5.91 Å². The summed E-state index contributed by atoms with van der Waals surface area (Å²) in [5.74, 6) is -1.54. The maximum Gasteiger partial charge on any atom is 0.250 e. The Morgan fingerprint density at radius 1 is 1.31 bits per heavy atom. The number of hydrogen-bond donors (Lipinski definition) is 1. The Balaban J connectivity index is 2.42. The molecule has 1 aromatic rings. The first-order chi connectivity index (χ1) is 7.61. The molecule has 1 aromatic carbocycles. The highest BCUT2D eigenvalue weighted by molar-refractivity contribution is 6.18. The summed E-state index contributed by atoms with van der Waals surface area (Å²) >= 11 is 0. The first-order valence-electron chi connectivity index (χ1n) is 4.98. The van der Waals surface area contributed by atoms with Crippen molar-refractivity contribution in [2.75, 3.05) is 4.90 Å². The van der Waals surface area contributed by atoms with Crippen LogP contribution in [-0.2, 0) is 9.59 Å². The number of hydrogen-bond acceptors (Lipinski definition) is 3. The maximum atomic E-state index is 13.5. The van der Waals surface area contributed by atoms with Gasteiger partial charge >= 0.3 is 0 Å². The number of amides is 2. The molecule has 0 aliphatic carbocycles. The predicted molar refractivity (Wildman–Crippen MR) is 56.1 cm³/mol. The van der Waals surface area contributed by atoms with Crippen molar-refractivity contribution >= 4 is 17.5 Å². The van der Waals surface area contributed by atoms with Gasteiger partial charge in [0.15, 0.2) is 0 Å². The average Bonchev–Trinajstić information content (AvgIpc) is 2.27. The third-order valence-corrected chi connectivity index (χ3v) is 2.55. The molecule has 1 fully saturated rings. The first kappa shape index (κ1) is 10.8. The van der Waals surface area contributed by atoms with Crippen LogP contribution in [0, 0.1) is 5.82 Å². The predicted octanol–water partition coefficient (Wildman–Crippen LogP) is 0.806. The van der Waals surface area contributed by atoms with Gasteiger partial charge in [-0.3, -0.25) is 9.59 Å². The molecule has 1 heterocycles. The van der Waals surface area contributed by atoms with E-state index in [2.05, 4.69) is 0 Å². The van der Waals surface area contributed by atoms with E-state index < -0.39 is 23.7 Å². The van der Waals surface area contributed by atoms with Gasteiger partial charge in [-0.1, -0.05) is 12.1 Å². The summed E-state index contributed by atoms with van der Waals surface area (Å²) in [5, 5.41) is 0. The number of carbonyl (C=O) groups excluding carboxylic acids is 2. The molecule has 1 atom stereocenters. The van der Waals surface area contributed by atoms with E-state index >= 15 is 0 Å². The molecule has 16 heavy (non-hydrogen) atoms. The monoisotopic (exact) mass is 222 g/mol. The van der Waals surface area contributed by atoms with Gasteiger partial charge in [-0.25, -0.2) is 9.29 Å². The molecule has 0 radical (unpaired) electrons. The second kappa shape index (κ2) is 4.02. The van der Waals surface area contributed by atoms with Crippen LogP contribution in [0.4, 0.5) is 10.1 Å². The molecule has 0 aromatic heterocycles. The summed E-state index contributed by atoms with van der Waals surface area (Å²) in [6.45, 7) is 0. The molecular weight excluding hydrogens is 211 g/mol. The van der Waals surface area contributed by atoms with Crippen LogP contribution in [0.25, 0.3) is 0 Å². The van der Waals surface area contributed by atoms with Crippen LogP contribution in [0.1, 0.15) is 12.8 Å². The highest BCUT2D eigenvalue weighted by atomic mass is 19.1. The zero-order chi connectivity index (χ0) is 11.7. The van der Waals surface area contributed by atoms with E-state index in [9.17, 15) is 14.0 Å². The molecule has 1 aliphatic rings. The molecule has 0 spiro atoms. The van der Waals surface area contributed by atoms with Crippen molar-refractivity contribution in [3.63, 3.8) is 0 Å². The summed E-state index contributed by atoms with van der Waals surface area (Å²) in [5.41, 5.74) is 5.53. The smallest absolute Gasteiger partial charge is 0.250 e. The van der Waals surface area contributed by atoms with E-state index in [0.717, 1.165) is 4.90 Å². The number of anilines is 1. The lowest BCUT2D eigenvalue weighted by molar-refractivity contribution is -0.130. The maximum absolute atomic E-state index is 13.5. The van der Waals surface area contributed by atoms with E-state index in [-0.39, 0.29) is 12.1 Å². The van der Waals surface area contributed by atoms with Gasteiger partial charge in [0.1, 0.15) is 5.82 Å². The average molecular weight is 222 g/mol. The van der Waals surface area contributed by atoms with E-state index in [4.69, 9.17) is 5.73 Å². The molecule has 1 aliphatic heterocycles. The van der Waals surface area contributed by atoms with Gasteiger partial charge in [-0.05, 0) is 18.6 Å². The third kappa shape index (κ3) is 1.69. The number of carbonyl (C=O) groups is 2. The fourth-order valence-corrected chi connectivity index (χ4v) is 1.69. The highest BCUT2D eigenvalue weighted by Crippen LogP contribution is 2.23. The Kier molecular flexibility index (Phi) is 2.70. The molecular formula is C11H11FN2O2. The lowest BCUT2D eigenvalue weighted by Crippen LogP contribution is -2.51. The molecule has 4 nitrogen and oxygen atoms in total. The standard InChI is InChI=1S/C11H11FN2O2/c12-7-3-1-2-4-9(7)14-10(15)6-5-8(13)11(14)16/h1-4,8H,5-6,13H2/t8-/m0/s1. The van der Waals surface area contributed by atoms with Crippen LogP contribution >= 0.6 is 0 Å². The van der Waals surface area contributed by atoms with Crippen molar-refractivity contribution < 1.29 is 14.0 Å². The third-order valence-electron chi connectivity index (χ3n) is 2.55. The van der Waals surface area contributed by atoms with Gasteiger partial charge in [-0.15, -0.1) is 0 Å². The van der Waals surface area contributed by atoms with Crippen molar-refractivity contribution in [3.05, 3.63) is 30.1 Å². The fourth-order valence-electron chi connectivity index (χ4n) is 1.69. The molecule has 0 bridgehead atoms. The minimum absolute atomic E-state index is 0.0207. The summed E-state index contributed by atoms with van der Waals surface area (Å²) in [4.78, 5) is 24.1. The van der Waals surface area contributed by atoms with Crippen molar-refractivity contribution in [2.45, 2.75) is 18.9 Å². The van der Waals surface area contributed by atoms with Gasteiger partial charge in [0, 0.05) is 6.42 Å². The van der Waals surface area contributed by atoms with Crippen molar-refractivity contribution in [2.24, 2.45) is 5.73 Å². The number of nitrogens with zero attached hydrogens (tertiary/aromatic N) is 1. The van der Waals surface area contributed by atoms with Gasteiger partial charge in [0.05, 0.1) is 11.7 Å². The van der Waals surface area contributed by atoms with E-state index in [1.165, 1.54) is 18.2 Å². The van der Waals surface area contributed by atoms with Crippen LogP contribution in [0.2, 0.25) is 0 Å². The molecule has 5 heteroatoms.